The Balaban J connectivity index is 1.61. The Bertz CT molecular complexity index is 1530. The molecule has 3 heterocycles. The average molecular weight is 444 g/mol. The molecule has 0 fully saturated rings. The first kappa shape index (κ1) is 20.1. The third-order valence-corrected chi connectivity index (χ3v) is 6.90. The zero-order valence-electron chi connectivity index (χ0n) is 17.9. The molecule has 0 radical (unpaired) electrons. The van der Waals surface area contributed by atoms with Crippen LogP contribution in [-0.2, 0) is 14.1 Å². The Hall–Kier alpha value is -3.78. The highest BCUT2D eigenvalue weighted by molar-refractivity contribution is 7.20. The molecule has 5 rings (SSSR count). The van der Waals surface area contributed by atoms with Gasteiger partial charge in [0.2, 0.25) is 0 Å². The molecule has 1 atom stereocenters. The molecule has 0 aliphatic heterocycles. The van der Waals surface area contributed by atoms with Gasteiger partial charge >= 0.3 is 0 Å². The highest BCUT2D eigenvalue weighted by Gasteiger charge is 2.26. The number of nitrogens with one attached hydrogen (secondary N) is 1. The van der Waals surface area contributed by atoms with Gasteiger partial charge in [0.1, 0.15) is 16.7 Å². The molecule has 1 amide bonds. The molecule has 5 aromatic rings. The number of benzene rings is 2. The monoisotopic (exact) mass is 443 g/mol. The van der Waals surface area contributed by atoms with Crippen LogP contribution in [0.25, 0.3) is 21.3 Å². The van der Waals surface area contributed by atoms with Gasteiger partial charge in [0.25, 0.3) is 11.5 Å². The van der Waals surface area contributed by atoms with Crippen molar-refractivity contribution < 1.29 is 4.79 Å². The van der Waals surface area contributed by atoms with Crippen LogP contribution in [-0.4, -0.2) is 25.0 Å². The van der Waals surface area contributed by atoms with Gasteiger partial charge in [-0.05, 0) is 30.2 Å². The van der Waals surface area contributed by atoms with E-state index in [0.29, 0.717) is 20.7 Å². The minimum absolute atomic E-state index is 0.155. The molecule has 0 aliphatic rings. The summed E-state index contributed by atoms with van der Waals surface area (Å²) in [6.07, 6.45) is 1.48. The highest BCUT2D eigenvalue weighted by atomic mass is 32.1. The maximum Gasteiger partial charge on any atom is 0.262 e. The Morgan fingerprint density at radius 2 is 1.78 bits per heavy atom. The first-order chi connectivity index (χ1) is 15.5. The summed E-state index contributed by atoms with van der Waals surface area (Å²) >= 11 is 1.23. The Kier molecular flexibility index (Phi) is 4.86. The molecular weight excluding hydrogens is 422 g/mol. The van der Waals surface area contributed by atoms with Crippen LogP contribution in [0.2, 0.25) is 0 Å². The van der Waals surface area contributed by atoms with E-state index in [2.05, 4.69) is 10.3 Å². The molecular formula is C24H21N5O2S. The fraction of sp³-hybridized carbons (Fsp3) is 0.167. The molecule has 32 heavy (non-hydrogen) atoms. The Morgan fingerprint density at radius 1 is 1.06 bits per heavy atom. The fourth-order valence-electron chi connectivity index (χ4n) is 3.99. The molecule has 0 aliphatic carbocycles. The number of thiophene rings is 1. The van der Waals surface area contributed by atoms with Crippen molar-refractivity contribution in [3.05, 3.63) is 93.1 Å². The van der Waals surface area contributed by atoms with Crippen LogP contribution < -0.4 is 10.9 Å². The van der Waals surface area contributed by atoms with E-state index in [1.54, 1.807) is 14.0 Å². The second kappa shape index (κ2) is 7.72. The van der Waals surface area contributed by atoms with Crippen LogP contribution in [0.5, 0.6) is 0 Å². The largest absolute Gasteiger partial charge is 0.337 e. The average Bonchev–Trinajstić information content (AvgIpc) is 3.33. The van der Waals surface area contributed by atoms with E-state index in [1.165, 1.54) is 22.2 Å². The van der Waals surface area contributed by atoms with Crippen molar-refractivity contribution in [2.45, 2.75) is 13.0 Å². The molecule has 0 spiro atoms. The van der Waals surface area contributed by atoms with Crippen molar-refractivity contribution in [2.75, 3.05) is 0 Å². The lowest BCUT2D eigenvalue weighted by molar-refractivity contribution is 0.0945. The molecule has 1 N–H and O–H groups in total. The van der Waals surface area contributed by atoms with Gasteiger partial charge in [-0.1, -0.05) is 42.5 Å². The Labute approximate surface area is 188 Å². The van der Waals surface area contributed by atoms with E-state index in [1.807, 2.05) is 66.2 Å². The fourth-order valence-corrected chi connectivity index (χ4v) is 5.03. The summed E-state index contributed by atoms with van der Waals surface area (Å²) in [5.41, 5.74) is 3.27. The smallest absolute Gasteiger partial charge is 0.262 e. The molecule has 0 bridgehead atoms. The first-order valence-electron chi connectivity index (χ1n) is 10.2. The molecule has 8 heteroatoms. The first-order valence-corrected chi connectivity index (χ1v) is 11.0. The molecule has 160 valence electrons. The zero-order valence-corrected chi connectivity index (χ0v) is 18.7. The van der Waals surface area contributed by atoms with E-state index in [4.69, 9.17) is 4.98 Å². The number of amides is 1. The number of carbonyl (C=O) groups excluding carboxylic acids is 1. The van der Waals surface area contributed by atoms with Crippen LogP contribution in [0.1, 0.15) is 32.7 Å². The van der Waals surface area contributed by atoms with Crippen LogP contribution in [0.15, 0.2) is 65.7 Å². The quantitative estimate of drug-likeness (QED) is 0.459. The summed E-state index contributed by atoms with van der Waals surface area (Å²) < 4.78 is 3.43. The van der Waals surface area contributed by atoms with Crippen molar-refractivity contribution in [3.63, 3.8) is 0 Å². The summed E-state index contributed by atoms with van der Waals surface area (Å²) in [6.45, 7) is 1.80. The van der Waals surface area contributed by atoms with Crippen molar-refractivity contribution in [2.24, 2.45) is 14.1 Å². The third kappa shape index (κ3) is 3.20. The number of aryl methyl sites for hydroxylation is 3. The number of carbonyl (C=O) groups is 1. The summed E-state index contributed by atoms with van der Waals surface area (Å²) in [5.74, 6) is 0.479. The molecule has 3 aromatic heterocycles. The summed E-state index contributed by atoms with van der Waals surface area (Å²) in [7, 11) is 3.61. The van der Waals surface area contributed by atoms with Crippen LogP contribution in [0.3, 0.4) is 0 Å². The third-order valence-electron chi connectivity index (χ3n) is 5.71. The minimum Gasteiger partial charge on any atom is -0.337 e. The molecule has 2 aromatic carbocycles. The SMILES string of the molecule is Cc1c(C(=O)NC(c2ccccc2)c2nc3ccccc3n2C)sc2ncn(C)c(=O)c12. The number of aromatic nitrogens is 4. The van der Waals surface area contributed by atoms with Gasteiger partial charge in [0.05, 0.1) is 27.6 Å². The maximum atomic E-state index is 13.4. The number of nitrogens with zero attached hydrogens (tertiary/aromatic N) is 4. The summed E-state index contributed by atoms with van der Waals surface area (Å²) in [6, 6.07) is 17.2. The second-order valence-electron chi connectivity index (χ2n) is 7.73. The topological polar surface area (TPSA) is 81.8 Å². The number of para-hydroxylation sites is 2. The van der Waals surface area contributed by atoms with Crippen LogP contribution in [0.4, 0.5) is 0 Å². The number of hydrogen-bond donors (Lipinski definition) is 1. The van der Waals surface area contributed by atoms with Gasteiger partial charge in [-0.15, -0.1) is 11.3 Å². The van der Waals surface area contributed by atoms with Crippen molar-refractivity contribution in [1.82, 2.24) is 24.4 Å². The predicted molar refractivity (Wildman–Crippen MR) is 126 cm³/mol. The van der Waals surface area contributed by atoms with Crippen LogP contribution in [0, 0.1) is 6.92 Å². The molecule has 0 saturated heterocycles. The predicted octanol–water partition coefficient (Wildman–Crippen LogP) is 3.71. The van der Waals surface area contributed by atoms with E-state index in [-0.39, 0.29) is 11.5 Å². The Morgan fingerprint density at radius 3 is 2.53 bits per heavy atom. The van der Waals surface area contributed by atoms with Crippen LogP contribution >= 0.6 is 11.3 Å². The summed E-state index contributed by atoms with van der Waals surface area (Å²) in [5, 5.41) is 3.65. The normalized spacial score (nSPS) is 12.3. The van der Waals surface area contributed by atoms with Crippen molar-refractivity contribution in [1.29, 1.82) is 0 Å². The van der Waals surface area contributed by atoms with E-state index in [9.17, 15) is 9.59 Å². The molecule has 7 nitrogen and oxygen atoms in total. The van der Waals surface area contributed by atoms with E-state index < -0.39 is 6.04 Å². The standard InChI is InChI=1S/C24H21N5O2S/c1-14-18-23(25-13-28(2)24(18)31)32-20(14)22(30)27-19(15-9-5-4-6-10-15)21-26-16-11-7-8-12-17(16)29(21)3/h4-13,19H,1-3H3,(H,27,30). The number of rotatable bonds is 4. The second-order valence-corrected chi connectivity index (χ2v) is 8.73. The van der Waals surface area contributed by atoms with E-state index >= 15 is 0 Å². The molecule has 0 saturated carbocycles. The minimum atomic E-state index is -0.457. The van der Waals surface area contributed by atoms with Crippen molar-refractivity contribution >= 4 is 38.5 Å². The lowest BCUT2D eigenvalue weighted by Gasteiger charge is -2.19. The van der Waals surface area contributed by atoms with Gasteiger partial charge in [0.15, 0.2) is 0 Å². The highest BCUT2D eigenvalue weighted by Crippen LogP contribution is 2.29. The zero-order chi connectivity index (χ0) is 22.4. The van der Waals surface area contributed by atoms with Gasteiger partial charge in [-0.3, -0.25) is 9.59 Å². The lowest BCUT2D eigenvalue weighted by atomic mass is 10.1. The number of imidazole rings is 1. The lowest BCUT2D eigenvalue weighted by Crippen LogP contribution is -2.31. The van der Waals surface area contributed by atoms with Gasteiger partial charge < -0.3 is 14.5 Å². The number of fused-ring (bicyclic) bond motifs is 2. The van der Waals surface area contributed by atoms with Gasteiger partial charge in [-0.25, -0.2) is 9.97 Å². The van der Waals surface area contributed by atoms with Gasteiger partial charge in [-0.2, -0.15) is 0 Å². The summed E-state index contributed by atoms with van der Waals surface area (Å²) in [4.78, 5) is 36.2. The van der Waals surface area contributed by atoms with Gasteiger partial charge in [0, 0.05) is 14.1 Å². The maximum absolute atomic E-state index is 13.4. The van der Waals surface area contributed by atoms with E-state index in [0.717, 1.165) is 22.4 Å². The number of hydrogen-bond acceptors (Lipinski definition) is 5. The van der Waals surface area contributed by atoms with Crippen molar-refractivity contribution in [3.8, 4) is 0 Å². The molecule has 1 unspecified atom stereocenters.